The number of benzene rings is 2. The number of fused-ring (bicyclic) bond motifs is 1. The molecule has 0 unspecified atom stereocenters. The number of rotatable bonds is 2. The summed E-state index contributed by atoms with van der Waals surface area (Å²) < 4.78 is 10.7. The maximum atomic E-state index is 5.91. The molecule has 3 N–H and O–H groups in total. The lowest BCUT2D eigenvalue weighted by Crippen LogP contribution is -1.97. The minimum atomic E-state index is 0.283. The van der Waals surface area contributed by atoms with E-state index in [1.54, 1.807) is 0 Å². The molecule has 1 aliphatic rings. The smallest absolute Gasteiger partial charge is 0.231 e. The molecule has 1 heterocycles. The minimum absolute atomic E-state index is 0.283. The largest absolute Gasteiger partial charge is 0.454 e. The number of nitrogen functional groups attached to an aromatic ring is 1. The van der Waals surface area contributed by atoms with E-state index in [1.165, 1.54) is 0 Å². The number of ether oxygens (including phenoxy) is 2. The van der Waals surface area contributed by atoms with Crippen molar-refractivity contribution in [2.45, 2.75) is 6.92 Å². The van der Waals surface area contributed by atoms with Gasteiger partial charge in [0.25, 0.3) is 0 Å². The van der Waals surface area contributed by atoms with Gasteiger partial charge in [-0.2, -0.15) is 0 Å². The van der Waals surface area contributed by atoms with Crippen molar-refractivity contribution >= 4 is 17.1 Å². The van der Waals surface area contributed by atoms with Crippen LogP contribution in [-0.4, -0.2) is 6.79 Å². The highest BCUT2D eigenvalue weighted by Gasteiger charge is 2.15. The molecule has 0 saturated carbocycles. The molecule has 0 amide bonds. The first kappa shape index (κ1) is 10.8. The van der Waals surface area contributed by atoms with E-state index in [-0.39, 0.29) is 6.79 Å². The first-order valence-corrected chi connectivity index (χ1v) is 5.76. The van der Waals surface area contributed by atoms with Crippen LogP contribution in [0.5, 0.6) is 11.5 Å². The van der Waals surface area contributed by atoms with Gasteiger partial charge in [0, 0.05) is 11.8 Å². The highest BCUT2D eigenvalue weighted by atomic mass is 16.7. The Morgan fingerprint density at radius 1 is 1.06 bits per heavy atom. The molecule has 0 aliphatic carbocycles. The van der Waals surface area contributed by atoms with Crippen molar-refractivity contribution < 1.29 is 9.47 Å². The second kappa shape index (κ2) is 4.14. The molecule has 0 atom stereocenters. The number of anilines is 3. The fourth-order valence-corrected chi connectivity index (χ4v) is 1.93. The van der Waals surface area contributed by atoms with Crippen molar-refractivity contribution in [1.82, 2.24) is 0 Å². The van der Waals surface area contributed by atoms with Crippen LogP contribution in [0.1, 0.15) is 5.56 Å². The number of aryl methyl sites for hydroxylation is 1. The van der Waals surface area contributed by atoms with Crippen molar-refractivity contribution in [1.29, 1.82) is 0 Å². The van der Waals surface area contributed by atoms with Crippen LogP contribution in [-0.2, 0) is 0 Å². The number of hydrogen-bond donors (Lipinski definition) is 2. The van der Waals surface area contributed by atoms with Gasteiger partial charge in [-0.1, -0.05) is 12.1 Å². The van der Waals surface area contributed by atoms with Gasteiger partial charge in [0.15, 0.2) is 11.5 Å². The molecule has 4 nitrogen and oxygen atoms in total. The van der Waals surface area contributed by atoms with Crippen molar-refractivity contribution in [3.05, 3.63) is 42.0 Å². The number of para-hydroxylation sites is 2. The van der Waals surface area contributed by atoms with Gasteiger partial charge in [-0.15, -0.1) is 0 Å². The Labute approximate surface area is 105 Å². The molecule has 0 saturated heterocycles. The standard InChI is InChI=1S/C14H14N2O2/c1-9-6-13-14(18-8-17-13)7-12(9)16-11-5-3-2-4-10(11)15/h2-7,16H,8,15H2,1H3. The third-order valence-corrected chi connectivity index (χ3v) is 2.95. The Bertz CT molecular complexity index is 596. The zero-order valence-electron chi connectivity index (χ0n) is 10.1. The van der Waals surface area contributed by atoms with Gasteiger partial charge in [-0.05, 0) is 30.7 Å². The van der Waals surface area contributed by atoms with Crippen LogP contribution >= 0.6 is 0 Å². The van der Waals surface area contributed by atoms with E-state index in [4.69, 9.17) is 15.2 Å². The van der Waals surface area contributed by atoms with Crippen LogP contribution in [0.2, 0.25) is 0 Å². The highest BCUT2D eigenvalue weighted by Crippen LogP contribution is 2.38. The Hall–Kier alpha value is -2.36. The lowest BCUT2D eigenvalue weighted by atomic mass is 10.1. The van der Waals surface area contributed by atoms with Crippen LogP contribution in [0.3, 0.4) is 0 Å². The van der Waals surface area contributed by atoms with Crippen LogP contribution in [0, 0.1) is 6.92 Å². The molecule has 0 aromatic heterocycles. The maximum absolute atomic E-state index is 5.91. The molecule has 18 heavy (non-hydrogen) atoms. The molecule has 0 bridgehead atoms. The van der Waals surface area contributed by atoms with Gasteiger partial charge in [0.2, 0.25) is 6.79 Å². The van der Waals surface area contributed by atoms with Crippen LogP contribution in [0.4, 0.5) is 17.1 Å². The van der Waals surface area contributed by atoms with Crippen LogP contribution in [0.25, 0.3) is 0 Å². The van der Waals surface area contributed by atoms with E-state index in [1.807, 2.05) is 43.3 Å². The molecule has 2 aromatic carbocycles. The van der Waals surface area contributed by atoms with Crippen molar-refractivity contribution in [3.63, 3.8) is 0 Å². The molecule has 3 rings (SSSR count). The van der Waals surface area contributed by atoms with E-state index in [2.05, 4.69) is 5.32 Å². The summed E-state index contributed by atoms with van der Waals surface area (Å²) in [6, 6.07) is 11.6. The van der Waals surface area contributed by atoms with Gasteiger partial charge < -0.3 is 20.5 Å². The molecular weight excluding hydrogens is 228 g/mol. The summed E-state index contributed by atoms with van der Waals surface area (Å²) in [6.07, 6.45) is 0. The zero-order chi connectivity index (χ0) is 12.5. The maximum Gasteiger partial charge on any atom is 0.231 e. The number of hydrogen-bond acceptors (Lipinski definition) is 4. The Morgan fingerprint density at radius 3 is 2.56 bits per heavy atom. The lowest BCUT2D eigenvalue weighted by molar-refractivity contribution is 0.174. The van der Waals surface area contributed by atoms with Gasteiger partial charge in [-0.25, -0.2) is 0 Å². The predicted molar refractivity (Wildman–Crippen MR) is 71.4 cm³/mol. The highest BCUT2D eigenvalue weighted by molar-refractivity contribution is 5.75. The fraction of sp³-hybridized carbons (Fsp3) is 0.143. The zero-order valence-corrected chi connectivity index (χ0v) is 10.1. The van der Waals surface area contributed by atoms with E-state index < -0.39 is 0 Å². The minimum Gasteiger partial charge on any atom is -0.454 e. The van der Waals surface area contributed by atoms with Crippen LogP contribution < -0.4 is 20.5 Å². The summed E-state index contributed by atoms with van der Waals surface area (Å²) in [5.74, 6) is 1.55. The molecule has 0 radical (unpaired) electrons. The monoisotopic (exact) mass is 242 g/mol. The van der Waals surface area contributed by atoms with Crippen molar-refractivity contribution in [3.8, 4) is 11.5 Å². The van der Waals surface area contributed by atoms with Gasteiger partial charge in [0.05, 0.1) is 11.4 Å². The SMILES string of the molecule is Cc1cc2c(cc1Nc1ccccc1N)OCO2. The molecule has 1 aliphatic heterocycles. The average Bonchev–Trinajstić information content (AvgIpc) is 2.79. The van der Waals surface area contributed by atoms with Gasteiger partial charge in [0.1, 0.15) is 0 Å². The van der Waals surface area contributed by atoms with Gasteiger partial charge in [-0.3, -0.25) is 0 Å². The number of nitrogens with two attached hydrogens (primary N) is 1. The fourth-order valence-electron chi connectivity index (χ4n) is 1.93. The van der Waals surface area contributed by atoms with E-state index in [0.717, 1.165) is 34.1 Å². The topological polar surface area (TPSA) is 56.5 Å². The second-order valence-corrected chi connectivity index (χ2v) is 4.23. The van der Waals surface area contributed by atoms with E-state index in [0.29, 0.717) is 0 Å². The molecular formula is C14H14N2O2. The predicted octanol–water partition coefficient (Wildman–Crippen LogP) is 3.05. The van der Waals surface area contributed by atoms with Crippen LogP contribution in [0.15, 0.2) is 36.4 Å². The summed E-state index contributed by atoms with van der Waals surface area (Å²) in [7, 11) is 0. The third kappa shape index (κ3) is 1.82. The quantitative estimate of drug-likeness (QED) is 0.795. The Kier molecular flexibility index (Phi) is 2.48. The first-order valence-electron chi connectivity index (χ1n) is 5.76. The third-order valence-electron chi connectivity index (χ3n) is 2.95. The normalized spacial score (nSPS) is 12.5. The Morgan fingerprint density at radius 2 is 1.78 bits per heavy atom. The van der Waals surface area contributed by atoms with E-state index >= 15 is 0 Å². The van der Waals surface area contributed by atoms with Crippen molar-refractivity contribution in [2.75, 3.05) is 17.8 Å². The number of nitrogens with one attached hydrogen (secondary N) is 1. The molecule has 0 fully saturated rings. The lowest BCUT2D eigenvalue weighted by Gasteiger charge is -2.12. The average molecular weight is 242 g/mol. The first-order chi connectivity index (χ1) is 8.74. The summed E-state index contributed by atoms with van der Waals surface area (Å²) in [6.45, 7) is 2.30. The van der Waals surface area contributed by atoms with Gasteiger partial charge >= 0.3 is 0 Å². The summed E-state index contributed by atoms with van der Waals surface area (Å²) in [5, 5.41) is 3.31. The molecule has 2 aromatic rings. The summed E-state index contributed by atoms with van der Waals surface area (Å²) in [5.41, 5.74) is 9.57. The second-order valence-electron chi connectivity index (χ2n) is 4.23. The van der Waals surface area contributed by atoms with E-state index in [9.17, 15) is 0 Å². The Balaban J connectivity index is 1.96. The summed E-state index contributed by atoms with van der Waals surface area (Å²) in [4.78, 5) is 0. The molecule has 0 spiro atoms. The molecule has 92 valence electrons. The summed E-state index contributed by atoms with van der Waals surface area (Å²) >= 11 is 0. The molecule has 4 heteroatoms. The van der Waals surface area contributed by atoms with Crippen molar-refractivity contribution in [2.24, 2.45) is 0 Å².